The largest absolute Gasteiger partial charge is 0.302 e. The number of nitrogens with one attached hydrogen (secondary N) is 1. The minimum atomic E-state index is -0.297. The maximum Gasteiger partial charge on any atom is 0.261 e. The Balaban J connectivity index is 1.31. The lowest BCUT2D eigenvalue weighted by Gasteiger charge is -2.13. The molecule has 0 atom stereocenters. The van der Waals surface area contributed by atoms with Crippen molar-refractivity contribution in [1.82, 2.24) is 9.88 Å². The minimum Gasteiger partial charge on any atom is -0.302 e. The van der Waals surface area contributed by atoms with Gasteiger partial charge in [-0.15, -0.1) is 11.3 Å². The Labute approximate surface area is 178 Å². The van der Waals surface area contributed by atoms with Crippen molar-refractivity contribution in [3.05, 3.63) is 70.1 Å². The zero-order valence-corrected chi connectivity index (χ0v) is 17.6. The lowest BCUT2D eigenvalue weighted by Crippen LogP contribution is -2.31. The second kappa shape index (κ2) is 8.20. The molecule has 4 rings (SSSR count). The van der Waals surface area contributed by atoms with Gasteiger partial charge in [0, 0.05) is 23.9 Å². The third-order valence-electron chi connectivity index (χ3n) is 5.07. The molecule has 1 aliphatic rings. The van der Waals surface area contributed by atoms with Crippen LogP contribution in [0.15, 0.2) is 47.8 Å². The molecule has 0 spiro atoms. The lowest BCUT2D eigenvalue weighted by molar-refractivity contribution is -0.116. The third kappa shape index (κ3) is 3.89. The van der Waals surface area contributed by atoms with Crippen molar-refractivity contribution in [1.29, 1.82) is 0 Å². The van der Waals surface area contributed by atoms with Gasteiger partial charge in [-0.2, -0.15) is 0 Å². The second-order valence-corrected chi connectivity index (χ2v) is 8.17. The summed E-state index contributed by atoms with van der Waals surface area (Å²) in [5.74, 6) is -0.781. The van der Waals surface area contributed by atoms with Crippen molar-refractivity contribution in [3.8, 4) is 11.3 Å². The Morgan fingerprint density at radius 3 is 2.40 bits per heavy atom. The summed E-state index contributed by atoms with van der Waals surface area (Å²) in [7, 11) is 0. The summed E-state index contributed by atoms with van der Waals surface area (Å²) in [6.07, 6.45) is 0.596. The molecule has 3 aromatic rings. The first-order chi connectivity index (χ1) is 14.4. The number of carbonyl (C=O) groups excluding carboxylic acids is 3. The van der Waals surface area contributed by atoms with Gasteiger partial charge in [0.25, 0.3) is 11.8 Å². The van der Waals surface area contributed by atoms with Crippen molar-refractivity contribution in [2.75, 3.05) is 11.9 Å². The smallest absolute Gasteiger partial charge is 0.261 e. The molecular weight excluding hydrogens is 398 g/mol. The molecule has 30 heavy (non-hydrogen) atoms. The van der Waals surface area contributed by atoms with Gasteiger partial charge in [-0.1, -0.05) is 35.9 Å². The number of imide groups is 1. The summed E-state index contributed by atoms with van der Waals surface area (Å²) >= 11 is 1.38. The van der Waals surface area contributed by atoms with E-state index in [0.717, 1.165) is 16.8 Å². The molecule has 0 radical (unpaired) electrons. The van der Waals surface area contributed by atoms with E-state index < -0.39 is 0 Å². The highest BCUT2D eigenvalue weighted by atomic mass is 32.1. The van der Waals surface area contributed by atoms with Gasteiger partial charge in [-0.05, 0) is 38.0 Å². The number of nitrogens with zero attached hydrogens (tertiary/aromatic N) is 2. The van der Waals surface area contributed by atoms with E-state index >= 15 is 0 Å². The predicted octanol–water partition coefficient (Wildman–Crippen LogP) is 4.44. The second-order valence-electron chi connectivity index (χ2n) is 7.32. The van der Waals surface area contributed by atoms with Gasteiger partial charge in [0.05, 0.1) is 16.8 Å². The highest BCUT2D eigenvalue weighted by molar-refractivity contribution is 7.14. The van der Waals surface area contributed by atoms with E-state index in [2.05, 4.69) is 16.4 Å². The molecule has 152 valence electrons. The number of aryl methyl sites for hydroxylation is 2. The molecule has 6 nitrogen and oxygen atoms in total. The Bertz CT molecular complexity index is 1120. The topological polar surface area (TPSA) is 79.4 Å². The van der Waals surface area contributed by atoms with Crippen molar-refractivity contribution in [2.24, 2.45) is 0 Å². The molecule has 1 aromatic heterocycles. The van der Waals surface area contributed by atoms with Crippen molar-refractivity contribution in [3.63, 3.8) is 0 Å². The lowest BCUT2D eigenvalue weighted by atomic mass is 10.0. The fourth-order valence-electron chi connectivity index (χ4n) is 3.58. The van der Waals surface area contributed by atoms with Crippen LogP contribution < -0.4 is 5.32 Å². The number of rotatable bonds is 6. The highest BCUT2D eigenvalue weighted by Crippen LogP contribution is 2.28. The number of hydrogen-bond donors (Lipinski definition) is 1. The van der Waals surface area contributed by atoms with Crippen LogP contribution >= 0.6 is 11.3 Å². The van der Waals surface area contributed by atoms with E-state index in [1.807, 2.05) is 31.4 Å². The zero-order chi connectivity index (χ0) is 21.3. The van der Waals surface area contributed by atoms with Crippen LogP contribution in [0.5, 0.6) is 0 Å². The van der Waals surface area contributed by atoms with Gasteiger partial charge in [0.1, 0.15) is 0 Å². The zero-order valence-electron chi connectivity index (χ0n) is 16.8. The first kappa shape index (κ1) is 20.0. The molecule has 0 aliphatic carbocycles. The third-order valence-corrected chi connectivity index (χ3v) is 5.83. The van der Waals surface area contributed by atoms with E-state index in [1.54, 1.807) is 24.3 Å². The number of thiazole rings is 1. The molecule has 0 fully saturated rings. The van der Waals surface area contributed by atoms with Crippen LogP contribution in [-0.4, -0.2) is 34.2 Å². The number of aromatic nitrogens is 1. The van der Waals surface area contributed by atoms with Crippen LogP contribution in [0.1, 0.15) is 44.7 Å². The Morgan fingerprint density at radius 2 is 1.73 bits per heavy atom. The summed E-state index contributed by atoms with van der Waals surface area (Å²) in [6.45, 7) is 4.30. The van der Waals surface area contributed by atoms with E-state index in [4.69, 9.17) is 0 Å². The number of fused-ring (bicyclic) bond motifs is 1. The Hall–Kier alpha value is -3.32. The molecule has 3 amide bonds. The number of amides is 3. The van der Waals surface area contributed by atoms with E-state index in [-0.39, 0.29) is 30.7 Å². The van der Waals surface area contributed by atoms with Gasteiger partial charge in [0.2, 0.25) is 5.91 Å². The number of hydrogen-bond acceptors (Lipinski definition) is 5. The number of benzene rings is 2. The number of anilines is 1. The Kier molecular flexibility index (Phi) is 5.46. The summed E-state index contributed by atoms with van der Waals surface area (Å²) in [6, 6.07) is 13.0. The molecule has 2 heterocycles. The van der Waals surface area contributed by atoms with Crippen molar-refractivity contribution in [2.45, 2.75) is 26.7 Å². The average molecular weight is 420 g/mol. The quantitative estimate of drug-likeness (QED) is 0.599. The van der Waals surface area contributed by atoms with Gasteiger partial charge in [-0.25, -0.2) is 4.98 Å². The van der Waals surface area contributed by atoms with Gasteiger partial charge in [0.15, 0.2) is 5.13 Å². The van der Waals surface area contributed by atoms with Crippen LogP contribution in [0.2, 0.25) is 0 Å². The van der Waals surface area contributed by atoms with E-state index in [0.29, 0.717) is 22.7 Å². The monoisotopic (exact) mass is 419 g/mol. The summed E-state index contributed by atoms with van der Waals surface area (Å²) < 4.78 is 0. The average Bonchev–Trinajstić information content (AvgIpc) is 3.26. The van der Waals surface area contributed by atoms with E-state index in [1.165, 1.54) is 21.8 Å². The van der Waals surface area contributed by atoms with Crippen LogP contribution in [0.3, 0.4) is 0 Å². The fourth-order valence-corrected chi connectivity index (χ4v) is 4.30. The summed E-state index contributed by atoms with van der Waals surface area (Å²) in [4.78, 5) is 42.7. The van der Waals surface area contributed by atoms with Crippen LogP contribution in [0.25, 0.3) is 11.3 Å². The van der Waals surface area contributed by atoms with E-state index in [9.17, 15) is 14.4 Å². The van der Waals surface area contributed by atoms with Crippen LogP contribution in [0.4, 0.5) is 5.13 Å². The maximum absolute atomic E-state index is 12.4. The molecular formula is C23H21N3O3S. The molecule has 2 aromatic carbocycles. The number of carbonyl (C=O) groups is 3. The maximum atomic E-state index is 12.4. The van der Waals surface area contributed by atoms with Crippen LogP contribution in [-0.2, 0) is 4.79 Å². The molecule has 7 heteroatoms. The van der Waals surface area contributed by atoms with Crippen LogP contribution in [0, 0.1) is 13.8 Å². The molecule has 1 aliphatic heterocycles. The first-order valence-corrected chi connectivity index (χ1v) is 10.6. The molecule has 0 unspecified atom stereocenters. The Morgan fingerprint density at radius 1 is 1.03 bits per heavy atom. The summed E-state index contributed by atoms with van der Waals surface area (Å²) in [5, 5.41) is 5.27. The fraction of sp³-hybridized carbons (Fsp3) is 0.217. The standard InChI is InChI=1S/C23H21N3O3S/c1-14-9-10-16(15(2)12-14)19-13-30-23(24-19)25-20(27)8-5-11-26-21(28)17-6-3-4-7-18(17)22(26)29/h3-4,6-7,9-10,12-13H,5,8,11H2,1-2H3,(H,24,25,27). The highest BCUT2D eigenvalue weighted by Gasteiger charge is 2.34. The molecule has 0 saturated carbocycles. The van der Waals surface area contributed by atoms with Gasteiger partial charge < -0.3 is 5.32 Å². The predicted molar refractivity (Wildman–Crippen MR) is 117 cm³/mol. The summed E-state index contributed by atoms with van der Waals surface area (Å²) in [5.41, 5.74) is 5.06. The molecule has 0 bridgehead atoms. The SMILES string of the molecule is Cc1ccc(-c2csc(NC(=O)CCCN3C(=O)c4ccccc4C3=O)n2)c(C)c1. The van der Waals surface area contributed by atoms with Gasteiger partial charge in [-0.3, -0.25) is 19.3 Å². The normalized spacial score (nSPS) is 12.9. The first-order valence-electron chi connectivity index (χ1n) is 9.72. The molecule has 0 saturated heterocycles. The van der Waals surface area contributed by atoms with Crippen molar-refractivity contribution >= 4 is 34.2 Å². The van der Waals surface area contributed by atoms with Gasteiger partial charge >= 0.3 is 0 Å². The minimum absolute atomic E-state index is 0.187. The van der Waals surface area contributed by atoms with Crippen molar-refractivity contribution < 1.29 is 14.4 Å². The molecule has 1 N–H and O–H groups in total.